The van der Waals surface area contributed by atoms with E-state index in [1.807, 2.05) is 0 Å². The second-order valence-corrected chi connectivity index (χ2v) is 3.20. The Balaban J connectivity index is 2.55. The average Bonchev–Trinajstić information content (AvgIpc) is 2.28. The monoisotopic (exact) mass is 222 g/mol. The smallest absolute Gasteiger partial charge is 0.251 e. The summed E-state index contributed by atoms with van der Waals surface area (Å²) in [4.78, 5) is 22.0. The summed E-state index contributed by atoms with van der Waals surface area (Å²) < 4.78 is 4.99. The van der Waals surface area contributed by atoms with Crippen LogP contribution in [0.1, 0.15) is 16.8 Å². The first-order valence-corrected chi connectivity index (χ1v) is 4.84. The summed E-state index contributed by atoms with van der Waals surface area (Å²) in [5.74, 6) is -0.0753. The molecule has 0 fully saturated rings. The molecule has 0 saturated carbocycles. The zero-order valence-electron chi connectivity index (χ0n) is 9.03. The number of hydrogen-bond donors (Lipinski definition) is 2. The van der Waals surface area contributed by atoms with Gasteiger partial charge in [0.05, 0.1) is 7.11 Å². The zero-order valence-corrected chi connectivity index (χ0v) is 9.03. The van der Waals surface area contributed by atoms with Crippen molar-refractivity contribution in [1.29, 1.82) is 0 Å². The third kappa shape index (κ3) is 3.61. The van der Waals surface area contributed by atoms with Gasteiger partial charge in [-0.3, -0.25) is 9.59 Å². The van der Waals surface area contributed by atoms with Crippen LogP contribution in [-0.2, 0) is 4.79 Å². The highest BCUT2D eigenvalue weighted by Gasteiger charge is 2.06. The number of rotatable bonds is 5. The molecule has 1 aromatic rings. The van der Waals surface area contributed by atoms with Gasteiger partial charge in [-0.05, 0) is 18.2 Å². The van der Waals surface area contributed by atoms with Crippen LogP contribution in [-0.4, -0.2) is 25.5 Å². The number of amides is 2. The van der Waals surface area contributed by atoms with Gasteiger partial charge in [-0.25, -0.2) is 0 Å². The standard InChI is InChI=1S/C11H14N2O3/c1-16-9-4-2-3-8(7-9)11(15)13-6-5-10(12)14/h2-4,7H,5-6H2,1H3,(H2,12,14)(H,13,15). The van der Waals surface area contributed by atoms with Gasteiger partial charge < -0.3 is 15.8 Å². The van der Waals surface area contributed by atoms with Crippen LogP contribution in [0.3, 0.4) is 0 Å². The number of primary amides is 1. The van der Waals surface area contributed by atoms with Crippen LogP contribution >= 0.6 is 0 Å². The van der Waals surface area contributed by atoms with E-state index in [4.69, 9.17) is 10.5 Å². The molecular weight excluding hydrogens is 208 g/mol. The molecular formula is C11H14N2O3. The summed E-state index contributed by atoms with van der Waals surface area (Å²) in [7, 11) is 1.53. The first kappa shape index (κ1) is 12.0. The van der Waals surface area contributed by atoms with Gasteiger partial charge in [-0.2, -0.15) is 0 Å². The molecule has 0 bridgehead atoms. The summed E-state index contributed by atoms with van der Waals surface area (Å²) in [6.45, 7) is 0.241. The van der Waals surface area contributed by atoms with E-state index in [0.717, 1.165) is 0 Å². The van der Waals surface area contributed by atoms with E-state index < -0.39 is 5.91 Å². The maximum Gasteiger partial charge on any atom is 0.251 e. The van der Waals surface area contributed by atoms with Crippen molar-refractivity contribution in [2.24, 2.45) is 5.73 Å². The minimum atomic E-state index is -0.439. The lowest BCUT2D eigenvalue weighted by Gasteiger charge is -2.05. The second kappa shape index (κ2) is 5.75. The fourth-order valence-electron chi connectivity index (χ4n) is 1.17. The van der Waals surface area contributed by atoms with Gasteiger partial charge in [0.1, 0.15) is 5.75 Å². The summed E-state index contributed by atoms with van der Waals surface area (Å²) >= 11 is 0. The minimum Gasteiger partial charge on any atom is -0.497 e. The molecule has 0 saturated heterocycles. The Kier molecular flexibility index (Phi) is 4.32. The molecule has 0 aliphatic carbocycles. The summed E-state index contributed by atoms with van der Waals surface area (Å²) in [5, 5.41) is 2.59. The van der Waals surface area contributed by atoms with Crippen molar-refractivity contribution < 1.29 is 14.3 Å². The van der Waals surface area contributed by atoms with Crippen molar-refractivity contribution in [3.63, 3.8) is 0 Å². The highest BCUT2D eigenvalue weighted by atomic mass is 16.5. The molecule has 86 valence electrons. The topological polar surface area (TPSA) is 81.4 Å². The van der Waals surface area contributed by atoms with Crippen LogP contribution in [0.15, 0.2) is 24.3 Å². The van der Waals surface area contributed by atoms with E-state index >= 15 is 0 Å². The van der Waals surface area contributed by atoms with Gasteiger partial charge in [-0.15, -0.1) is 0 Å². The molecule has 1 aromatic carbocycles. The molecule has 3 N–H and O–H groups in total. The fourth-order valence-corrected chi connectivity index (χ4v) is 1.17. The Hall–Kier alpha value is -2.04. The summed E-state index contributed by atoms with van der Waals surface area (Å²) in [6, 6.07) is 6.77. The maximum atomic E-state index is 11.6. The number of carbonyl (C=O) groups is 2. The molecule has 0 aromatic heterocycles. The van der Waals surface area contributed by atoms with Crippen molar-refractivity contribution in [2.75, 3.05) is 13.7 Å². The second-order valence-electron chi connectivity index (χ2n) is 3.20. The van der Waals surface area contributed by atoms with Crippen molar-refractivity contribution >= 4 is 11.8 Å². The van der Waals surface area contributed by atoms with E-state index in [2.05, 4.69) is 5.32 Å². The summed E-state index contributed by atoms with van der Waals surface area (Å²) in [5.41, 5.74) is 5.44. The molecule has 0 aliphatic heterocycles. The van der Waals surface area contributed by atoms with Crippen LogP contribution in [0.2, 0.25) is 0 Å². The molecule has 0 atom stereocenters. The summed E-state index contributed by atoms with van der Waals surface area (Å²) in [6.07, 6.45) is 0.135. The molecule has 16 heavy (non-hydrogen) atoms. The predicted molar refractivity (Wildman–Crippen MR) is 59.1 cm³/mol. The highest BCUT2D eigenvalue weighted by Crippen LogP contribution is 2.12. The molecule has 0 radical (unpaired) electrons. The van der Waals surface area contributed by atoms with Crippen molar-refractivity contribution in [3.8, 4) is 5.75 Å². The van der Waals surface area contributed by atoms with Gasteiger partial charge in [-0.1, -0.05) is 6.07 Å². The van der Waals surface area contributed by atoms with Gasteiger partial charge in [0.25, 0.3) is 5.91 Å². The number of benzene rings is 1. The third-order valence-corrected chi connectivity index (χ3v) is 1.99. The molecule has 0 heterocycles. The first-order chi connectivity index (χ1) is 7.63. The Bertz CT molecular complexity index is 391. The van der Waals surface area contributed by atoms with Crippen LogP contribution in [0.25, 0.3) is 0 Å². The normalized spacial score (nSPS) is 9.56. The quantitative estimate of drug-likeness (QED) is 0.751. The molecule has 0 aliphatic rings. The van der Waals surface area contributed by atoms with E-state index in [1.165, 1.54) is 7.11 Å². The Morgan fingerprint density at radius 3 is 2.81 bits per heavy atom. The van der Waals surface area contributed by atoms with Crippen molar-refractivity contribution in [1.82, 2.24) is 5.32 Å². The number of hydrogen-bond acceptors (Lipinski definition) is 3. The van der Waals surface area contributed by atoms with Crippen molar-refractivity contribution in [2.45, 2.75) is 6.42 Å². The molecule has 1 rings (SSSR count). The van der Waals surface area contributed by atoms with Crippen LogP contribution in [0.5, 0.6) is 5.75 Å². The molecule has 0 unspecified atom stereocenters. The third-order valence-electron chi connectivity index (χ3n) is 1.99. The van der Waals surface area contributed by atoms with Crippen molar-refractivity contribution in [3.05, 3.63) is 29.8 Å². The number of nitrogens with two attached hydrogens (primary N) is 1. The highest BCUT2D eigenvalue weighted by molar-refractivity contribution is 5.94. The maximum absolute atomic E-state index is 11.6. The Morgan fingerprint density at radius 2 is 2.19 bits per heavy atom. The van der Waals surface area contributed by atoms with Gasteiger partial charge in [0.15, 0.2) is 0 Å². The van der Waals surface area contributed by atoms with Gasteiger partial charge in [0, 0.05) is 18.5 Å². The number of ether oxygens (including phenoxy) is 1. The van der Waals surface area contributed by atoms with Crippen LogP contribution in [0, 0.1) is 0 Å². The average molecular weight is 222 g/mol. The number of methoxy groups -OCH3 is 1. The fraction of sp³-hybridized carbons (Fsp3) is 0.273. The van der Waals surface area contributed by atoms with E-state index in [0.29, 0.717) is 11.3 Å². The van der Waals surface area contributed by atoms with E-state index in [1.54, 1.807) is 24.3 Å². The Morgan fingerprint density at radius 1 is 1.44 bits per heavy atom. The largest absolute Gasteiger partial charge is 0.497 e. The lowest BCUT2D eigenvalue weighted by atomic mass is 10.2. The molecule has 2 amide bonds. The molecule has 0 spiro atoms. The van der Waals surface area contributed by atoms with Gasteiger partial charge in [0.2, 0.25) is 5.91 Å². The number of nitrogens with one attached hydrogen (secondary N) is 1. The Labute approximate surface area is 93.6 Å². The van der Waals surface area contributed by atoms with E-state index in [-0.39, 0.29) is 18.9 Å². The SMILES string of the molecule is COc1cccc(C(=O)NCCC(N)=O)c1. The molecule has 5 nitrogen and oxygen atoms in total. The lowest BCUT2D eigenvalue weighted by molar-refractivity contribution is -0.117. The van der Waals surface area contributed by atoms with E-state index in [9.17, 15) is 9.59 Å². The molecule has 5 heteroatoms. The minimum absolute atomic E-state index is 0.135. The van der Waals surface area contributed by atoms with Gasteiger partial charge >= 0.3 is 0 Å². The predicted octanol–water partition coefficient (Wildman–Crippen LogP) is 0.300. The first-order valence-electron chi connectivity index (χ1n) is 4.84. The zero-order chi connectivity index (χ0) is 12.0. The lowest BCUT2D eigenvalue weighted by Crippen LogP contribution is -2.27. The van der Waals surface area contributed by atoms with Crippen LogP contribution < -0.4 is 15.8 Å². The number of carbonyl (C=O) groups excluding carboxylic acids is 2. The van der Waals surface area contributed by atoms with Crippen LogP contribution in [0.4, 0.5) is 0 Å².